The van der Waals surface area contributed by atoms with E-state index in [0.29, 0.717) is 6.79 Å². The predicted molar refractivity (Wildman–Crippen MR) is 82.7 cm³/mol. The van der Waals surface area contributed by atoms with Crippen molar-refractivity contribution in [3.63, 3.8) is 0 Å². The minimum absolute atomic E-state index is 0.146. The van der Waals surface area contributed by atoms with Crippen molar-refractivity contribution in [2.24, 2.45) is 5.73 Å². The number of aromatic nitrogens is 2. The molecule has 1 unspecified atom stereocenters. The monoisotopic (exact) mass is 289 g/mol. The molecule has 0 aliphatic carbocycles. The number of nitrogens with two attached hydrogens (primary N) is 1. The van der Waals surface area contributed by atoms with Crippen molar-refractivity contribution in [1.82, 2.24) is 9.55 Å². The van der Waals surface area contributed by atoms with Crippen molar-refractivity contribution in [3.8, 4) is 11.5 Å². The Morgan fingerprint density at radius 2 is 2.05 bits per heavy atom. The highest BCUT2D eigenvalue weighted by atomic mass is 16.7. The van der Waals surface area contributed by atoms with Gasteiger partial charge in [-0.1, -0.05) is 20.3 Å². The van der Waals surface area contributed by atoms with Gasteiger partial charge < -0.3 is 19.8 Å². The maximum absolute atomic E-state index is 6.16. The van der Waals surface area contributed by atoms with Gasteiger partial charge in [0.05, 0.1) is 11.0 Å². The molecule has 5 heteroatoms. The van der Waals surface area contributed by atoms with Gasteiger partial charge in [-0.3, -0.25) is 0 Å². The van der Waals surface area contributed by atoms with Crippen LogP contribution in [0.2, 0.25) is 0 Å². The summed E-state index contributed by atoms with van der Waals surface area (Å²) in [6, 6.07) is 4.15. The highest BCUT2D eigenvalue weighted by Gasteiger charge is 2.19. The summed E-state index contributed by atoms with van der Waals surface area (Å²) in [5, 5.41) is 0. The van der Waals surface area contributed by atoms with Crippen LogP contribution >= 0.6 is 0 Å². The quantitative estimate of drug-likeness (QED) is 0.888. The number of unbranched alkanes of at least 4 members (excludes halogenated alkanes) is 1. The number of hydrogen-bond acceptors (Lipinski definition) is 4. The molecule has 114 valence electrons. The maximum atomic E-state index is 6.16. The highest BCUT2D eigenvalue weighted by Crippen LogP contribution is 2.36. The van der Waals surface area contributed by atoms with E-state index in [-0.39, 0.29) is 6.04 Å². The molecule has 21 heavy (non-hydrogen) atoms. The van der Waals surface area contributed by atoms with Gasteiger partial charge >= 0.3 is 0 Å². The topological polar surface area (TPSA) is 62.3 Å². The molecule has 2 aromatic rings. The number of hydrogen-bond donors (Lipinski definition) is 1. The molecule has 1 atom stereocenters. The normalized spacial score (nSPS) is 14.8. The molecule has 0 spiro atoms. The second-order valence-electron chi connectivity index (χ2n) is 5.60. The van der Waals surface area contributed by atoms with Crippen LogP contribution in [0.1, 0.15) is 38.9 Å². The summed E-state index contributed by atoms with van der Waals surface area (Å²) < 4.78 is 13.2. The Bertz CT molecular complexity index is 636. The molecule has 3 rings (SSSR count). The zero-order valence-corrected chi connectivity index (χ0v) is 12.8. The fraction of sp³-hybridized carbons (Fsp3) is 0.562. The fourth-order valence-electron chi connectivity index (χ4n) is 2.66. The van der Waals surface area contributed by atoms with Crippen LogP contribution in [0, 0.1) is 0 Å². The SMILES string of the molecule is CCCCc1nc2cc3c(cc2n1CC(N)CC)OCO3. The Hall–Kier alpha value is -1.75. The van der Waals surface area contributed by atoms with Crippen molar-refractivity contribution in [2.45, 2.75) is 52.1 Å². The summed E-state index contributed by atoms with van der Waals surface area (Å²) in [6.07, 6.45) is 4.23. The molecule has 2 N–H and O–H groups in total. The molecule has 5 nitrogen and oxygen atoms in total. The predicted octanol–water partition coefficient (Wildman–Crippen LogP) is 2.84. The highest BCUT2D eigenvalue weighted by molar-refractivity contribution is 5.81. The van der Waals surface area contributed by atoms with E-state index in [1.165, 1.54) is 0 Å². The lowest BCUT2D eigenvalue weighted by atomic mass is 10.2. The van der Waals surface area contributed by atoms with E-state index in [9.17, 15) is 0 Å². The first-order valence-electron chi connectivity index (χ1n) is 7.77. The lowest BCUT2D eigenvalue weighted by Crippen LogP contribution is -2.26. The standard InChI is InChI=1S/C16H23N3O2/c1-3-5-6-16-18-12-7-14-15(21-10-20-14)8-13(12)19(16)9-11(17)4-2/h7-8,11H,3-6,9-10,17H2,1-2H3. The van der Waals surface area contributed by atoms with Crippen molar-refractivity contribution >= 4 is 11.0 Å². The van der Waals surface area contributed by atoms with Crippen LogP contribution in [0.3, 0.4) is 0 Å². The van der Waals surface area contributed by atoms with Gasteiger partial charge in [0, 0.05) is 31.1 Å². The maximum Gasteiger partial charge on any atom is 0.231 e. The van der Waals surface area contributed by atoms with E-state index in [1.54, 1.807) is 0 Å². The molecule has 0 radical (unpaired) electrons. The lowest BCUT2D eigenvalue weighted by Gasteiger charge is -2.14. The fourth-order valence-corrected chi connectivity index (χ4v) is 2.66. The van der Waals surface area contributed by atoms with Gasteiger partial charge in [-0.05, 0) is 12.8 Å². The van der Waals surface area contributed by atoms with Crippen LogP contribution in [-0.2, 0) is 13.0 Å². The van der Waals surface area contributed by atoms with E-state index in [4.69, 9.17) is 20.2 Å². The Labute approximate surface area is 125 Å². The molecule has 0 saturated heterocycles. The van der Waals surface area contributed by atoms with E-state index in [2.05, 4.69) is 18.4 Å². The molecule has 1 aromatic carbocycles. The molecular formula is C16H23N3O2. The summed E-state index contributed by atoms with van der Waals surface area (Å²) in [5.74, 6) is 2.70. The molecule has 1 aliphatic rings. The molecule has 0 bridgehead atoms. The van der Waals surface area contributed by atoms with Crippen molar-refractivity contribution < 1.29 is 9.47 Å². The van der Waals surface area contributed by atoms with E-state index in [1.807, 2.05) is 12.1 Å². The average Bonchev–Trinajstić information content (AvgIpc) is 3.07. The minimum Gasteiger partial charge on any atom is -0.454 e. The summed E-state index contributed by atoms with van der Waals surface area (Å²) in [7, 11) is 0. The van der Waals surface area contributed by atoms with Gasteiger partial charge in [0.2, 0.25) is 6.79 Å². The van der Waals surface area contributed by atoms with E-state index in [0.717, 1.165) is 60.6 Å². The van der Waals surface area contributed by atoms with Crippen LogP contribution in [-0.4, -0.2) is 22.4 Å². The van der Waals surface area contributed by atoms with Crippen LogP contribution in [0.5, 0.6) is 11.5 Å². The second-order valence-corrected chi connectivity index (χ2v) is 5.60. The number of imidazole rings is 1. The third-order valence-electron chi connectivity index (χ3n) is 4.02. The molecule has 0 fully saturated rings. The number of nitrogens with zero attached hydrogens (tertiary/aromatic N) is 2. The summed E-state index contributed by atoms with van der Waals surface area (Å²) in [4.78, 5) is 4.79. The number of aryl methyl sites for hydroxylation is 1. The molecule has 2 heterocycles. The van der Waals surface area contributed by atoms with E-state index < -0.39 is 0 Å². The Kier molecular flexibility index (Phi) is 4.01. The first-order valence-corrected chi connectivity index (χ1v) is 7.77. The van der Waals surface area contributed by atoms with Crippen LogP contribution in [0.4, 0.5) is 0 Å². The first-order chi connectivity index (χ1) is 10.2. The van der Waals surface area contributed by atoms with Gasteiger partial charge in [0.15, 0.2) is 11.5 Å². The van der Waals surface area contributed by atoms with Gasteiger partial charge in [0.1, 0.15) is 5.82 Å². The number of rotatable bonds is 6. The first kappa shape index (κ1) is 14.2. The van der Waals surface area contributed by atoms with Crippen molar-refractivity contribution in [3.05, 3.63) is 18.0 Å². The molecule has 0 saturated carbocycles. The largest absolute Gasteiger partial charge is 0.454 e. The summed E-state index contributed by atoms with van der Waals surface area (Å²) in [6.45, 7) is 5.40. The molecular weight excluding hydrogens is 266 g/mol. The third kappa shape index (κ3) is 2.70. The zero-order valence-electron chi connectivity index (χ0n) is 12.8. The molecule has 1 aromatic heterocycles. The average molecular weight is 289 g/mol. The number of benzene rings is 1. The van der Waals surface area contributed by atoms with Crippen molar-refractivity contribution in [2.75, 3.05) is 6.79 Å². The van der Waals surface area contributed by atoms with E-state index >= 15 is 0 Å². The van der Waals surface area contributed by atoms with Gasteiger partial charge in [-0.25, -0.2) is 4.98 Å². The van der Waals surface area contributed by atoms with Crippen LogP contribution in [0.25, 0.3) is 11.0 Å². The second kappa shape index (κ2) is 5.93. The summed E-state index contributed by atoms with van der Waals surface area (Å²) in [5.41, 5.74) is 8.22. The van der Waals surface area contributed by atoms with Gasteiger partial charge in [0.25, 0.3) is 0 Å². The van der Waals surface area contributed by atoms with Crippen LogP contribution in [0.15, 0.2) is 12.1 Å². The number of fused-ring (bicyclic) bond motifs is 2. The lowest BCUT2D eigenvalue weighted by molar-refractivity contribution is 0.174. The Balaban J connectivity index is 2.04. The molecule has 0 amide bonds. The Morgan fingerprint density at radius 1 is 1.29 bits per heavy atom. The molecule has 1 aliphatic heterocycles. The summed E-state index contributed by atoms with van der Waals surface area (Å²) >= 11 is 0. The van der Waals surface area contributed by atoms with Gasteiger partial charge in [-0.2, -0.15) is 0 Å². The van der Waals surface area contributed by atoms with Crippen molar-refractivity contribution in [1.29, 1.82) is 0 Å². The zero-order chi connectivity index (χ0) is 14.8. The van der Waals surface area contributed by atoms with Crippen LogP contribution < -0.4 is 15.2 Å². The minimum atomic E-state index is 0.146. The third-order valence-corrected chi connectivity index (χ3v) is 4.02. The Morgan fingerprint density at radius 3 is 2.76 bits per heavy atom. The smallest absolute Gasteiger partial charge is 0.231 e. The number of ether oxygens (including phenoxy) is 2. The van der Waals surface area contributed by atoms with Gasteiger partial charge in [-0.15, -0.1) is 0 Å².